The van der Waals surface area contributed by atoms with Crippen LogP contribution in [0.4, 0.5) is 0 Å². The molecule has 1 heterocycles. The number of carboxylic acid groups (broad SMARTS) is 2. The maximum atomic E-state index is 11.8. The Morgan fingerprint density at radius 1 is 1.03 bits per heavy atom. The van der Waals surface area contributed by atoms with E-state index >= 15 is 0 Å². The van der Waals surface area contributed by atoms with Crippen LogP contribution in [0.3, 0.4) is 0 Å². The molecule has 4 aromatic rings. The topological polar surface area (TPSA) is 119 Å². The normalized spacial score (nSPS) is 11.4. The number of nitrogens with zero attached hydrogens (tertiary/aromatic N) is 1. The minimum atomic E-state index is -1.12. The molecule has 172 valence electrons. The fourth-order valence-electron chi connectivity index (χ4n) is 3.12. The molecule has 34 heavy (non-hydrogen) atoms. The number of para-hydroxylation sites is 2. The highest BCUT2D eigenvalue weighted by molar-refractivity contribution is 8.03. The number of aliphatic carboxylic acids is 1. The summed E-state index contributed by atoms with van der Waals surface area (Å²) in [5.74, 6) is -1.30. The molecule has 0 spiro atoms. The van der Waals surface area contributed by atoms with Crippen LogP contribution < -0.4 is 9.47 Å². The van der Waals surface area contributed by atoms with Crippen LogP contribution in [0.1, 0.15) is 21.5 Å². The van der Waals surface area contributed by atoms with Gasteiger partial charge in [0.15, 0.2) is 17.1 Å². The number of oxazole rings is 1. The van der Waals surface area contributed by atoms with Gasteiger partial charge in [-0.3, -0.25) is 0 Å². The van der Waals surface area contributed by atoms with Crippen molar-refractivity contribution in [3.05, 3.63) is 88.3 Å². The van der Waals surface area contributed by atoms with Gasteiger partial charge < -0.3 is 24.1 Å². The van der Waals surface area contributed by atoms with Crippen LogP contribution in [0.5, 0.6) is 11.5 Å². The zero-order valence-electron chi connectivity index (χ0n) is 17.9. The third kappa shape index (κ3) is 5.38. The Bertz CT molecular complexity index is 1360. The highest BCUT2D eigenvalue weighted by Crippen LogP contribution is 2.33. The molecule has 0 saturated heterocycles. The second-order valence-electron chi connectivity index (χ2n) is 7.07. The summed E-state index contributed by atoms with van der Waals surface area (Å²) < 4.78 is 16.8. The molecule has 8 nitrogen and oxygen atoms in total. The molecule has 3 aromatic carbocycles. The SMILES string of the molecule is COc1cc(/C=C(\Sc2nc3ccccc3o2)C(=O)O)ccc1OCc1cccc(C(=O)O)c1. The van der Waals surface area contributed by atoms with Gasteiger partial charge in [-0.15, -0.1) is 0 Å². The van der Waals surface area contributed by atoms with E-state index in [1.54, 1.807) is 42.5 Å². The molecule has 0 atom stereocenters. The van der Waals surface area contributed by atoms with Crippen LogP contribution in [0, 0.1) is 0 Å². The molecule has 9 heteroatoms. The number of carboxylic acids is 2. The second-order valence-corrected chi connectivity index (χ2v) is 8.06. The number of methoxy groups -OCH3 is 1. The summed E-state index contributed by atoms with van der Waals surface area (Å²) in [5.41, 5.74) is 2.66. The van der Waals surface area contributed by atoms with E-state index in [0.29, 0.717) is 33.7 Å². The number of fused-ring (bicyclic) bond motifs is 1. The van der Waals surface area contributed by atoms with E-state index in [1.165, 1.54) is 25.3 Å². The predicted octanol–water partition coefficient (Wildman–Crippen LogP) is 5.33. The van der Waals surface area contributed by atoms with Crippen LogP contribution in [0.15, 0.2) is 81.3 Å². The first-order valence-electron chi connectivity index (χ1n) is 10.0. The molecule has 0 unspecified atom stereocenters. The Balaban J connectivity index is 1.53. The third-order valence-corrected chi connectivity index (χ3v) is 5.60. The van der Waals surface area contributed by atoms with Gasteiger partial charge in [0.25, 0.3) is 5.22 Å². The first kappa shape index (κ1) is 22.9. The fraction of sp³-hybridized carbons (Fsp3) is 0.0800. The Morgan fingerprint density at radius 3 is 2.59 bits per heavy atom. The molecular weight excluding hydrogens is 458 g/mol. The zero-order chi connectivity index (χ0) is 24.1. The minimum absolute atomic E-state index is 0.0211. The van der Waals surface area contributed by atoms with Crippen molar-refractivity contribution in [2.75, 3.05) is 7.11 Å². The third-order valence-electron chi connectivity index (χ3n) is 4.74. The number of carbonyl (C=O) groups is 2. The molecule has 0 bridgehead atoms. The monoisotopic (exact) mass is 477 g/mol. The van der Waals surface area contributed by atoms with Crippen LogP contribution >= 0.6 is 11.8 Å². The van der Waals surface area contributed by atoms with Crippen molar-refractivity contribution in [2.45, 2.75) is 11.8 Å². The van der Waals surface area contributed by atoms with E-state index in [1.807, 2.05) is 12.1 Å². The fourth-order valence-corrected chi connectivity index (χ4v) is 3.87. The van der Waals surface area contributed by atoms with Crippen LogP contribution in [-0.2, 0) is 11.4 Å². The smallest absolute Gasteiger partial charge is 0.342 e. The second kappa shape index (κ2) is 10.1. The van der Waals surface area contributed by atoms with Gasteiger partial charge in [0.2, 0.25) is 0 Å². The van der Waals surface area contributed by atoms with Gasteiger partial charge in [-0.2, -0.15) is 0 Å². The lowest BCUT2D eigenvalue weighted by Crippen LogP contribution is -2.01. The average molecular weight is 477 g/mol. The number of aromatic nitrogens is 1. The molecule has 0 aliphatic heterocycles. The van der Waals surface area contributed by atoms with E-state index < -0.39 is 11.9 Å². The first-order chi connectivity index (χ1) is 16.4. The van der Waals surface area contributed by atoms with Crippen LogP contribution in [-0.4, -0.2) is 34.2 Å². The lowest BCUT2D eigenvalue weighted by atomic mass is 10.1. The van der Waals surface area contributed by atoms with Crippen LogP contribution in [0.2, 0.25) is 0 Å². The summed E-state index contributed by atoms with van der Waals surface area (Å²) in [7, 11) is 1.48. The molecule has 1 aromatic heterocycles. The van der Waals surface area contributed by atoms with Gasteiger partial charge in [0.1, 0.15) is 17.0 Å². The molecule has 0 saturated carbocycles. The lowest BCUT2D eigenvalue weighted by molar-refractivity contribution is -0.131. The number of hydrogen-bond donors (Lipinski definition) is 2. The average Bonchev–Trinajstić information content (AvgIpc) is 3.25. The summed E-state index contributed by atoms with van der Waals surface area (Å²) in [6, 6.07) is 18.6. The van der Waals surface area contributed by atoms with Gasteiger partial charge in [-0.1, -0.05) is 30.3 Å². The number of thioether (sulfide) groups is 1. The number of hydrogen-bond acceptors (Lipinski definition) is 7. The van der Waals surface area contributed by atoms with Gasteiger partial charge in [0.05, 0.1) is 12.7 Å². The molecular formula is C25H19NO7S. The largest absolute Gasteiger partial charge is 0.493 e. The minimum Gasteiger partial charge on any atom is -0.493 e. The standard InChI is InChI=1S/C25H19NO7S/c1-31-21-12-15(9-10-20(21)32-14-16-5-4-6-17(11-16)23(27)28)13-22(24(29)30)34-25-26-18-7-2-3-8-19(18)33-25/h2-13H,14H2,1H3,(H,27,28)(H,29,30)/b22-13-. The van der Waals surface area contributed by atoms with E-state index in [4.69, 9.17) is 19.0 Å². The molecule has 0 fully saturated rings. The number of rotatable bonds is 9. The Morgan fingerprint density at radius 2 is 1.85 bits per heavy atom. The van der Waals surface area contributed by atoms with E-state index in [-0.39, 0.29) is 22.3 Å². The van der Waals surface area contributed by atoms with Gasteiger partial charge in [-0.25, -0.2) is 14.6 Å². The maximum Gasteiger partial charge on any atom is 0.342 e. The van der Waals surface area contributed by atoms with Crippen molar-refractivity contribution in [3.8, 4) is 11.5 Å². The summed E-state index contributed by atoms with van der Waals surface area (Å²) in [5, 5.41) is 19.0. The zero-order valence-corrected chi connectivity index (χ0v) is 18.7. The molecule has 2 N–H and O–H groups in total. The number of ether oxygens (including phenoxy) is 2. The summed E-state index contributed by atoms with van der Waals surface area (Å²) in [6.45, 7) is 0.140. The maximum absolute atomic E-state index is 11.8. The van der Waals surface area contributed by atoms with Crippen molar-refractivity contribution in [1.29, 1.82) is 0 Å². The highest BCUT2D eigenvalue weighted by atomic mass is 32.2. The lowest BCUT2D eigenvalue weighted by Gasteiger charge is -2.12. The molecule has 0 aliphatic rings. The van der Waals surface area contributed by atoms with Crippen molar-refractivity contribution in [3.63, 3.8) is 0 Å². The van der Waals surface area contributed by atoms with Crippen molar-refractivity contribution >= 4 is 40.9 Å². The van der Waals surface area contributed by atoms with Crippen molar-refractivity contribution in [1.82, 2.24) is 4.98 Å². The van der Waals surface area contributed by atoms with Crippen LogP contribution in [0.25, 0.3) is 17.2 Å². The van der Waals surface area contributed by atoms with Gasteiger partial charge >= 0.3 is 11.9 Å². The summed E-state index contributed by atoms with van der Waals surface area (Å²) in [4.78, 5) is 27.3. The Hall–Kier alpha value is -4.24. The molecule has 0 amide bonds. The Labute approximate surface area is 198 Å². The predicted molar refractivity (Wildman–Crippen MR) is 126 cm³/mol. The summed E-state index contributed by atoms with van der Waals surface area (Å²) >= 11 is 0.910. The molecule has 4 rings (SSSR count). The van der Waals surface area contributed by atoms with Crippen molar-refractivity contribution in [2.24, 2.45) is 0 Å². The first-order valence-corrected chi connectivity index (χ1v) is 10.9. The number of aromatic carboxylic acids is 1. The van der Waals surface area contributed by atoms with E-state index in [2.05, 4.69) is 4.98 Å². The molecule has 0 radical (unpaired) electrons. The van der Waals surface area contributed by atoms with Gasteiger partial charge in [-0.05, 0) is 65.4 Å². The highest BCUT2D eigenvalue weighted by Gasteiger charge is 2.16. The summed E-state index contributed by atoms with van der Waals surface area (Å²) in [6.07, 6.45) is 1.49. The Kier molecular flexibility index (Phi) is 6.84. The van der Waals surface area contributed by atoms with E-state index in [0.717, 1.165) is 11.8 Å². The van der Waals surface area contributed by atoms with Crippen molar-refractivity contribution < 1.29 is 33.7 Å². The number of benzene rings is 3. The molecule has 0 aliphatic carbocycles. The van der Waals surface area contributed by atoms with Gasteiger partial charge in [0, 0.05) is 0 Å². The quantitative estimate of drug-likeness (QED) is 0.243. The van der Waals surface area contributed by atoms with E-state index in [9.17, 15) is 14.7 Å².